The highest BCUT2D eigenvalue weighted by Gasteiger charge is 2.33. The van der Waals surface area contributed by atoms with Crippen molar-refractivity contribution >= 4 is 58.2 Å². The van der Waals surface area contributed by atoms with Gasteiger partial charge in [0.1, 0.15) is 18.1 Å². The average Bonchev–Trinajstić information content (AvgIpc) is 3.29. The second kappa shape index (κ2) is 12.9. The lowest BCUT2D eigenvalue weighted by Crippen LogP contribution is -2.39. The molecule has 0 spiro atoms. The van der Waals surface area contributed by atoms with Crippen molar-refractivity contribution in [2.45, 2.75) is 19.6 Å². The zero-order chi connectivity index (χ0) is 30.8. The Hall–Kier alpha value is -3.76. The molecular weight excluding hydrogens is 635 g/mol. The molecule has 1 aliphatic rings. The molecule has 3 aromatic carbocycles. The third-order valence-electron chi connectivity index (χ3n) is 6.80. The predicted molar refractivity (Wildman–Crippen MR) is 168 cm³/mol. The number of fused-ring (bicyclic) bond motifs is 1. The van der Waals surface area contributed by atoms with Crippen molar-refractivity contribution in [3.63, 3.8) is 0 Å². The van der Waals surface area contributed by atoms with Crippen molar-refractivity contribution in [1.82, 2.24) is 4.57 Å². The van der Waals surface area contributed by atoms with E-state index in [9.17, 15) is 9.59 Å². The molecule has 2 heterocycles. The number of hydrogen-bond donors (Lipinski definition) is 0. The second-order valence-corrected chi connectivity index (χ2v) is 11.7. The maximum absolute atomic E-state index is 13.9. The lowest BCUT2D eigenvalue weighted by Gasteiger charge is -2.24. The summed E-state index contributed by atoms with van der Waals surface area (Å²) in [6.45, 7) is 1.82. The molecule has 0 fully saturated rings. The van der Waals surface area contributed by atoms with Crippen molar-refractivity contribution in [3.05, 3.63) is 117 Å². The quantitative estimate of drug-likeness (QED) is 0.217. The highest BCUT2D eigenvalue weighted by atomic mass is 35.5. The van der Waals surface area contributed by atoms with Gasteiger partial charge in [-0.05, 0) is 60.5 Å². The van der Waals surface area contributed by atoms with Gasteiger partial charge in [-0.1, -0.05) is 64.3 Å². The van der Waals surface area contributed by atoms with Gasteiger partial charge >= 0.3 is 5.97 Å². The number of thiazole rings is 1. The van der Waals surface area contributed by atoms with Crippen LogP contribution in [-0.2, 0) is 16.1 Å². The van der Waals surface area contributed by atoms with E-state index >= 15 is 0 Å². The van der Waals surface area contributed by atoms with Crippen molar-refractivity contribution in [3.8, 4) is 17.2 Å². The van der Waals surface area contributed by atoms with E-state index in [0.717, 1.165) is 5.56 Å². The van der Waals surface area contributed by atoms with Gasteiger partial charge < -0.3 is 18.9 Å². The molecule has 1 aromatic heterocycles. The molecule has 1 atom stereocenters. The summed E-state index contributed by atoms with van der Waals surface area (Å²) < 4.78 is 23.8. The minimum absolute atomic E-state index is 0.0896. The summed E-state index contributed by atoms with van der Waals surface area (Å²) >= 11 is 19.8. The number of rotatable bonds is 8. The number of esters is 1. The molecular formula is C31H25Cl3N2O6S. The normalized spacial score (nSPS) is 14.7. The van der Waals surface area contributed by atoms with Crippen molar-refractivity contribution in [2.24, 2.45) is 4.99 Å². The van der Waals surface area contributed by atoms with Gasteiger partial charge in [0.15, 0.2) is 10.6 Å². The third kappa shape index (κ3) is 6.17. The summed E-state index contributed by atoms with van der Waals surface area (Å²) in [6.07, 6.45) is 1.76. The summed E-state index contributed by atoms with van der Waals surface area (Å²) in [5.41, 5.74) is 2.60. The Morgan fingerprint density at radius 1 is 1.00 bits per heavy atom. The Kier molecular flexibility index (Phi) is 9.17. The molecule has 5 rings (SSSR count). The first-order valence-corrected chi connectivity index (χ1v) is 14.8. The molecule has 8 nitrogen and oxygen atoms in total. The van der Waals surface area contributed by atoms with Crippen LogP contribution in [0.2, 0.25) is 15.1 Å². The predicted octanol–water partition coefficient (Wildman–Crippen LogP) is 5.96. The topological polar surface area (TPSA) is 88.4 Å². The van der Waals surface area contributed by atoms with Gasteiger partial charge in [-0.15, -0.1) is 0 Å². The molecule has 222 valence electrons. The molecule has 0 saturated heterocycles. The van der Waals surface area contributed by atoms with E-state index in [2.05, 4.69) is 4.99 Å². The van der Waals surface area contributed by atoms with E-state index in [1.54, 1.807) is 57.6 Å². The fraction of sp³-hybridized carbons (Fsp3) is 0.194. The van der Waals surface area contributed by atoms with Gasteiger partial charge in [0.05, 0.1) is 53.2 Å². The Morgan fingerprint density at radius 3 is 2.33 bits per heavy atom. The van der Waals surface area contributed by atoms with E-state index in [0.29, 0.717) is 48.4 Å². The number of benzene rings is 3. The standard InChI is InChI=1S/C31H25Cl3N2O6S/c1-16-26(30(38)41-4)27(18-6-8-21(39-2)9-7-18)36-29(37)25(43-31(36)35-16)12-17-5-10-24(40-3)19(11-17)15-42-28-22(33)13-20(32)14-23(28)34/h5-14,27H,15H2,1-4H3. The Morgan fingerprint density at radius 2 is 1.70 bits per heavy atom. The number of hydrogen-bond acceptors (Lipinski definition) is 8. The number of nitrogens with zero attached hydrogens (tertiary/aromatic N) is 2. The minimum atomic E-state index is -0.731. The average molecular weight is 660 g/mol. The summed E-state index contributed by atoms with van der Waals surface area (Å²) in [4.78, 5) is 31.9. The smallest absolute Gasteiger partial charge is 0.338 e. The molecule has 0 amide bonds. The largest absolute Gasteiger partial charge is 0.497 e. The third-order valence-corrected chi connectivity index (χ3v) is 8.56. The molecule has 43 heavy (non-hydrogen) atoms. The van der Waals surface area contributed by atoms with Gasteiger partial charge in [0, 0.05) is 10.6 Å². The highest BCUT2D eigenvalue weighted by Crippen LogP contribution is 2.37. The Labute approximate surface area is 266 Å². The van der Waals surface area contributed by atoms with Gasteiger partial charge in [0.25, 0.3) is 5.56 Å². The van der Waals surface area contributed by atoms with Crippen molar-refractivity contribution in [2.75, 3.05) is 21.3 Å². The van der Waals surface area contributed by atoms with Crippen LogP contribution in [0.15, 0.2) is 75.7 Å². The molecule has 0 bridgehead atoms. The van der Waals surface area contributed by atoms with Crippen molar-refractivity contribution < 1.29 is 23.7 Å². The number of carbonyl (C=O) groups is 1. The number of methoxy groups -OCH3 is 3. The van der Waals surface area contributed by atoms with E-state index < -0.39 is 12.0 Å². The summed E-state index contributed by atoms with van der Waals surface area (Å²) in [5.74, 6) is 0.967. The van der Waals surface area contributed by atoms with E-state index in [1.165, 1.54) is 23.0 Å². The van der Waals surface area contributed by atoms with E-state index in [-0.39, 0.29) is 27.8 Å². The summed E-state index contributed by atoms with van der Waals surface area (Å²) in [6, 6.07) is 15.0. The minimum Gasteiger partial charge on any atom is -0.497 e. The van der Waals surface area contributed by atoms with Gasteiger partial charge in [-0.2, -0.15) is 0 Å². The van der Waals surface area contributed by atoms with Crippen LogP contribution >= 0.6 is 46.1 Å². The number of aromatic nitrogens is 1. The van der Waals surface area contributed by atoms with Crippen LogP contribution in [0.25, 0.3) is 6.08 Å². The fourth-order valence-electron chi connectivity index (χ4n) is 4.76. The molecule has 1 unspecified atom stereocenters. The van der Waals surface area contributed by atoms with E-state index in [1.807, 2.05) is 24.3 Å². The lowest BCUT2D eigenvalue weighted by molar-refractivity contribution is -0.136. The molecule has 0 radical (unpaired) electrons. The number of halogens is 3. The van der Waals surface area contributed by atoms with Crippen LogP contribution in [0.5, 0.6) is 17.2 Å². The molecule has 4 aromatic rings. The Balaban J connectivity index is 1.57. The van der Waals surface area contributed by atoms with Gasteiger partial charge in [-0.3, -0.25) is 9.36 Å². The molecule has 0 aliphatic carbocycles. The van der Waals surface area contributed by atoms with Crippen LogP contribution < -0.4 is 29.1 Å². The molecule has 12 heteroatoms. The summed E-state index contributed by atoms with van der Waals surface area (Å²) in [5, 5.41) is 0.954. The van der Waals surface area contributed by atoms with Crippen molar-refractivity contribution in [1.29, 1.82) is 0 Å². The summed E-state index contributed by atoms with van der Waals surface area (Å²) in [7, 11) is 4.43. The number of allylic oxidation sites excluding steroid dienone is 1. The van der Waals surface area contributed by atoms with Crippen LogP contribution in [0, 0.1) is 0 Å². The number of ether oxygens (including phenoxy) is 4. The first-order valence-electron chi connectivity index (χ1n) is 12.8. The second-order valence-electron chi connectivity index (χ2n) is 9.41. The molecule has 0 N–H and O–H groups in total. The highest BCUT2D eigenvalue weighted by molar-refractivity contribution is 7.07. The monoisotopic (exact) mass is 658 g/mol. The molecule has 1 aliphatic heterocycles. The van der Waals surface area contributed by atoms with Crippen LogP contribution in [-0.4, -0.2) is 31.9 Å². The lowest BCUT2D eigenvalue weighted by atomic mass is 9.96. The van der Waals surface area contributed by atoms with Crippen LogP contribution in [0.4, 0.5) is 0 Å². The Bertz CT molecular complexity index is 1910. The maximum Gasteiger partial charge on any atom is 0.338 e. The zero-order valence-electron chi connectivity index (χ0n) is 23.4. The van der Waals surface area contributed by atoms with Gasteiger partial charge in [0.2, 0.25) is 0 Å². The first kappa shape index (κ1) is 30.7. The molecule has 0 saturated carbocycles. The first-order chi connectivity index (χ1) is 20.6. The SMILES string of the molecule is COC(=O)C1=C(C)N=c2sc(=Cc3ccc(OC)c(COc4c(Cl)cc(Cl)cc4Cl)c3)c(=O)n2C1c1ccc(OC)cc1. The number of carbonyl (C=O) groups excluding carboxylic acids is 1. The fourth-order valence-corrected chi connectivity index (χ4v) is 6.74. The zero-order valence-corrected chi connectivity index (χ0v) is 26.5. The van der Waals surface area contributed by atoms with Gasteiger partial charge in [-0.25, -0.2) is 9.79 Å². The van der Waals surface area contributed by atoms with Crippen LogP contribution in [0.1, 0.15) is 29.7 Å². The van der Waals surface area contributed by atoms with E-state index in [4.69, 9.17) is 53.8 Å². The van der Waals surface area contributed by atoms with Crippen LogP contribution in [0.3, 0.4) is 0 Å². The maximum atomic E-state index is 13.9.